The molecule has 0 radical (unpaired) electrons. The zero-order chi connectivity index (χ0) is 11.7. The van der Waals surface area contributed by atoms with E-state index in [4.69, 9.17) is 21.8 Å². The molecule has 1 aromatic carbocycles. The fourth-order valence-corrected chi connectivity index (χ4v) is 1.11. The Morgan fingerprint density at radius 2 is 1.67 bits per heavy atom. The van der Waals surface area contributed by atoms with Gasteiger partial charge in [0.1, 0.15) is 0 Å². The number of nitrogens with zero attached hydrogens (tertiary/aromatic N) is 2. The van der Waals surface area contributed by atoms with Gasteiger partial charge in [0.2, 0.25) is 5.75 Å². The first-order valence-corrected chi connectivity index (χ1v) is 3.77. The summed E-state index contributed by atoms with van der Waals surface area (Å²) in [5.41, 5.74) is -2.13. The first kappa shape index (κ1) is 11.0. The summed E-state index contributed by atoms with van der Waals surface area (Å²) in [5, 5.41) is 38.4. The molecule has 0 aliphatic heterocycles. The summed E-state index contributed by atoms with van der Waals surface area (Å²) in [7, 11) is 0. The quantitative estimate of drug-likeness (QED) is 0.590. The maximum atomic E-state index is 10.4. The monoisotopic (exact) mass is 234 g/mol. The van der Waals surface area contributed by atoms with Crippen LogP contribution in [0.3, 0.4) is 0 Å². The number of nitro benzene ring substituents is 2. The van der Waals surface area contributed by atoms with Crippen LogP contribution in [0.25, 0.3) is 0 Å². The summed E-state index contributed by atoms with van der Waals surface area (Å²) >= 11 is 5.31. The van der Waals surface area contributed by atoms with E-state index < -0.39 is 37.7 Å². The van der Waals surface area contributed by atoms with Crippen LogP contribution in [-0.2, 0) is 0 Å². The van der Waals surface area contributed by atoms with Crippen LogP contribution in [0.2, 0.25) is 5.02 Å². The number of benzene rings is 1. The zero-order valence-corrected chi connectivity index (χ0v) is 7.63. The van der Waals surface area contributed by atoms with Crippen molar-refractivity contribution < 1.29 is 20.1 Å². The minimum Gasteiger partial charge on any atom is -0.501 e. The van der Waals surface area contributed by atoms with Crippen LogP contribution in [0.5, 0.6) is 11.5 Å². The smallest absolute Gasteiger partial charge is 0.360 e. The molecule has 0 atom stereocenters. The predicted molar refractivity (Wildman–Crippen MR) is 48.1 cm³/mol. The molecule has 0 unspecified atom stereocenters. The van der Waals surface area contributed by atoms with Gasteiger partial charge in [-0.1, -0.05) is 11.6 Å². The molecule has 0 saturated heterocycles. The third kappa shape index (κ3) is 1.74. The largest absolute Gasteiger partial charge is 0.501 e. The van der Waals surface area contributed by atoms with Crippen LogP contribution >= 0.6 is 11.6 Å². The summed E-state index contributed by atoms with van der Waals surface area (Å²) in [6.07, 6.45) is 0. The van der Waals surface area contributed by atoms with Crippen molar-refractivity contribution in [3.8, 4) is 11.5 Å². The normalized spacial score (nSPS) is 9.93. The Labute approximate surface area is 86.6 Å². The van der Waals surface area contributed by atoms with Crippen LogP contribution in [0.15, 0.2) is 6.07 Å². The van der Waals surface area contributed by atoms with Crippen molar-refractivity contribution in [2.24, 2.45) is 0 Å². The highest BCUT2D eigenvalue weighted by molar-refractivity contribution is 6.32. The second kappa shape index (κ2) is 3.58. The fraction of sp³-hybridized carbons (Fsp3) is 0. The number of aromatic hydroxyl groups is 2. The van der Waals surface area contributed by atoms with E-state index in [0.29, 0.717) is 6.07 Å². The molecular formula is C6H3ClN2O6. The van der Waals surface area contributed by atoms with Gasteiger partial charge in [0.05, 0.1) is 14.9 Å². The molecule has 0 fully saturated rings. The fourth-order valence-electron chi connectivity index (χ4n) is 0.915. The van der Waals surface area contributed by atoms with Crippen LogP contribution in [0, 0.1) is 20.2 Å². The zero-order valence-electron chi connectivity index (χ0n) is 6.88. The van der Waals surface area contributed by atoms with Gasteiger partial charge in [-0.15, -0.1) is 0 Å². The van der Waals surface area contributed by atoms with Crippen molar-refractivity contribution in [1.82, 2.24) is 0 Å². The maximum absolute atomic E-state index is 10.4. The van der Waals surface area contributed by atoms with Gasteiger partial charge in [0, 0.05) is 6.07 Å². The maximum Gasteiger partial charge on any atom is 0.360 e. The van der Waals surface area contributed by atoms with Crippen LogP contribution < -0.4 is 0 Å². The Morgan fingerprint density at radius 3 is 2.07 bits per heavy atom. The number of nitro groups is 2. The van der Waals surface area contributed by atoms with Crippen LogP contribution in [0.1, 0.15) is 0 Å². The third-order valence-corrected chi connectivity index (χ3v) is 1.85. The molecule has 9 heteroatoms. The van der Waals surface area contributed by atoms with Crippen molar-refractivity contribution >= 4 is 23.0 Å². The molecule has 2 N–H and O–H groups in total. The molecule has 0 bridgehead atoms. The average Bonchev–Trinajstić information content (AvgIpc) is 2.10. The van der Waals surface area contributed by atoms with Gasteiger partial charge in [0.25, 0.3) is 5.75 Å². The molecule has 0 heterocycles. The second-order valence-electron chi connectivity index (χ2n) is 2.44. The average molecular weight is 235 g/mol. The van der Waals surface area contributed by atoms with E-state index in [-0.39, 0.29) is 0 Å². The number of hydrogen-bond acceptors (Lipinski definition) is 6. The van der Waals surface area contributed by atoms with Crippen molar-refractivity contribution in [2.45, 2.75) is 0 Å². The van der Waals surface area contributed by atoms with Gasteiger partial charge < -0.3 is 10.2 Å². The van der Waals surface area contributed by atoms with E-state index in [2.05, 4.69) is 0 Å². The molecule has 0 aliphatic rings. The molecule has 0 aromatic heterocycles. The van der Waals surface area contributed by atoms with Crippen molar-refractivity contribution in [3.63, 3.8) is 0 Å². The van der Waals surface area contributed by atoms with Crippen molar-refractivity contribution in [3.05, 3.63) is 31.3 Å². The summed E-state index contributed by atoms with van der Waals surface area (Å²) in [6, 6.07) is 0.624. The second-order valence-corrected chi connectivity index (χ2v) is 2.84. The van der Waals surface area contributed by atoms with Gasteiger partial charge in [-0.2, -0.15) is 0 Å². The molecule has 1 aromatic rings. The van der Waals surface area contributed by atoms with Crippen molar-refractivity contribution in [1.29, 1.82) is 0 Å². The standard InChI is InChI=1S/C6H3ClN2O6/c7-2-1-3(8(12)13)6(11)4(5(2)10)9(14)15/h1,10-11H. The van der Waals surface area contributed by atoms with Crippen LogP contribution in [-0.4, -0.2) is 20.1 Å². The minimum atomic E-state index is -1.23. The Hall–Kier alpha value is -2.09. The molecular weight excluding hydrogens is 232 g/mol. The van der Waals surface area contributed by atoms with E-state index in [1.54, 1.807) is 0 Å². The van der Waals surface area contributed by atoms with Gasteiger partial charge in [0.15, 0.2) is 0 Å². The molecule has 0 saturated carbocycles. The topological polar surface area (TPSA) is 127 Å². The number of hydrogen-bond donors (Lipinski definition) is 2. The van der Waals surface area contributed by atoms with E-state index in [1.807, 2.05) is 0 Å². The summed E-state index contributed by atoms with van der Waals surface area (Å²) in [6.45, 7) is 0. The lowest BCUT2D eigenvalue weighted by molar-refractivity contribution is -0.396. The highest BCUT2D eigenvalue weighted by atomic mass is 35.5. The molecule has 0 spiro atoms. The van der Waals surface area contributed by atoms with E-state index in [1.165, 1.54) is 0 Å². The summed E-state index contributed by atoms with van der Waals surface area (Å²) in [5.74, 6) is -2.24. The SMILES string of the molecule is O=[N+]([O-])c1cc(Cl)c(O)c([N+](=O)[O-])c1O. The number of phenols is 2. The molecule has 15 heavy (non-hydrogen) atoms. The Balaban J connectivity index is 3.63. The predicted octanol–water partition coefficient (Wildman–Crippen LogP) is 1.57. The molecule has 0 amide bonds. The minimum absolute atomic E-state index is 0.578. The summed E-state index contributed by atoms with van der Waals surface area (Å²) in [4.78, 5) is 18.5. The first-order chi connectivity index (χ1) is 6.86. The Morgan fingerprint density at radius 1 is 1.13 bits per heavy atom. The lowest BCUT2D eigenvalue weighted by Gasteiger charge is -2.01. The molecule has 80 valence electrons. The third-order valence-electron chi connectivity index (χ3n) is 1.56. The number of halogens is 1. The van der Waals surface area contributed by atoms with E-state index >= 15 is 0 Å². The number of rotatable bonds is 2. The molecule has 1 rings (SSSR count). The highest BCUT2D eigenvalue weighted by Crippen LogP contribution is 2.46. The van der Waals surface area contributed by atoms with Crippen LogP contribution in [0.4, 0.5) is 11.4 Å². The lowest BCUT2D eigenvalue weighted by atomic mass is 10.2. The van der Waals surface area contributed by atoms with Crippen molar-refractivity contribution in [2.75, 3.05) is 0 Å². The van der Waals surface area contributed by atoms with Gasteiger partial charge >= 0.3 is 11.4 Å². The van der Waals surface area contributed by atoms with Gasteiger partial charge in [-0.25, -0.2) is 0 Å². The van der Waals surface area contributed by atoms with E-state index in [9.17, 15) is 20.2 Å². The van der Waals surface area contributed by atoms with E-state index in [0.717, 1.165) is 0 Å². The first-order valence-electron chi connectivity index (χ1n) is 3.39. The highest BCUT2D eigenvalue weighted by Gasteiger charge is 2.31. The Bertz CT molecular complexity index is 459. The molecule has 8 nitrogen and oxygen atoms in total. The van der Waals surface area contributed by atoms with Gasteiger partial charge in [-0.05, 0) is 0 Å². The lowest BCUT2D eigenvalue weighted by Crippen LogP contribution is -1.95. The number of phenolic OH excluding ortho intramolecular Hbond substituents is 2. The summed E-state index contributed by atoms with van der Waals surface area (Å²) < 4.78 is 0. The molecule has 0 aliphatic carbocycles. The Kier molecular flexibility index (Phi) is 2.62. The van der Waals surface area contributed by atoms with Gasteiger partial charge in [-0.3, -0.25) is 20.2 Å².